The number of hydrogen-bond donors (Lipinski definition) is 0. The third kappa shape index (κ3) is 2.28. The zero-order valence-corrected chi connectivity index (χ0v) is 5.15. The fourth-order valence-electron chi connectivity index (χ4n) is 0.573. The van der Waals surface area contributed by atoms with E-state index in [9.17, 15) is 13.0 Å². The van der Waals surface area contributed by atoms with Gasteiger partial charge in [-0.15, -0.1) is 0 Å². The molecule has 0 aromatic rings. The Labute approximate surface area is 48.5 Å². The Balaban J connectivity index is 2.38. The van der Waals surface area contributed by atoms with Crippen LogP contribution in [-0.2, 0) is 10.1 Å². The van der Waals surface area contributed by atoms with Crippen molar-refractivity contribution in [1.82, 2.24) is 0 Å². The molecule has 1 fully saturated rings. The summed E-state index contributed by atoms with van der Waals surface area (Å²) in [6, 6.07) is 0. The zero-order valence-electron chi connectivity index (χ0n) is 4.33. The Bertz CT molecular complexity index is 166. The molecule has 0 aliphatic heterocycles. The van der Waals surface area contributed by atoms with Gasteiger partial charge in [0.2, 0.25) is 0 Å². The fraction of sp³-hybridized carbons (Fsp3) is 1.00. The first-order valence-electron chi connectivity index (χ1n) is 2.51. The van der Waals surface area contributed by atoms with E-state index in [1.807, 2.05) is 0 Å². The first-order chi connectivity index (χ1) is 3.58. The summed E-state index contributed by atoms with van der Waals surface area (Å²) >= 11 is 0. The van der Waals surface area contributed by atoms with E-state index in [1.54, 1.807) is 0 Å². The summed E-state index contributed by atoms with van der Waals surface area (Å²) in [5, 5.41) is 0. The van der Waals surface area contributed by atoms with Gasteiger partial charge in [-0.1, -0.05) is 0 Å². The lowest BCUT2D eigenvalue weighted by atomic mass is 10.5. The maximum Gasteiger partial charge on any atom is 0.0948 e. The van der Waals surface area contributed by atoms with Gasteiger partial charge in [0, 0.05) is 5.75 Å². The van der Waals surface area contributed by atoms with Crippen LogP contribution in [0.3, 0.4) is 0 Å². The largest absolute Gasteiger partial charge is 0.748 e. The van der Waals surface area contributed by atoms with Crippen LogP contribution in [0.15, 0.2) is 0 Å². The van der Waals surface area contributed by atoms with Crippen molar-refractivity contribution in [2.45, 2.75) is 12.8 Å². The van der Waals surface area contributed by atoms with Gasteiger partial charge in [-0.25, -0.2) is 8.42 Å². The quantitative estimate of drug-likeness (QED) is 0.498. The molecule has 0 atom stereocenters. The van der Waals surface area contributed by atoms with Gasteiger partial charge in [0.05, 0.1) is 10.1 Å². The van der Waals surface area contributed by atoms with Gasteiger partial charge in [0.25, 0.3) is 0 Å². The van der Waals surface area contributed by atoms with Gasteiger partial charge in [-0.05, 0) is 18.8 Å². The summed E-state index contributed by atoms with van der Waals surface area (Å²) in [6.07, 6.45) is 1.84. The molecule has 3 nitrogen and oxygen atoms in total. The van der Waals surface area contributed by atoms with Gasteiger partial charge in [0.1, 0.15) is 0 Å². The molecule has 0 amide bonds. The van der Waals surface area contributed by atoms with Crippen LogP contribution < -0.4 is 0 Å². The minimum absolute atomic E-state index is 0.146. The molecule has 0 unspecified atom stereocenters. The molecule has 0 N–H and O–H groups in total. The molecule has 1 aliphatic rings. The van der Waals surface area contributed by atoms with E-state index >= 15 is 0 Å². The molecule has 1 saturated carbocycles. The van der Waals surface area contributed by atoms with Crippen molar-refractivity contribution in [2.24, 2.45) is 5.92 Å². The highest BCUT2D eigenvalue weighted by Gasteiger charge is 2.23. The van der Waals surface area contributed by atoms with E-state index in [-0.39, 0.29) is 11.7 Å². The fourth-order valence-corrected chi connectivity index (χ4v) is 1.48. The molecule has 1 aliphatic carbocycles. The van der Waals surface area contributed by atoms with Crippen LogP contribution in [0.25, 0.3) is 0 Å². The average molecular weight is 135 g/mol. The molecule has 0 saturated heterocycles. The second kappa shape index (κ2) is 1.70. The SMILES string of the molecule is O=S(=O)([O-])CC1CC1. The molecule has 0 heterocycles. The highest BCUT2D eigenvalue weighted by Crippen LogP contribution is 2.29. The maximum atomic E-state index is 9.93. The Morgan fingerprint density at radius 3 is 2.12 bits per heavy atom. The first-order valence-corrected chi connectivity index (χ1v) is 4.09. The topological polar surface area (TPSA) is 57.2 Å². The summed E-state index contributed by atoms with van der Waals surface area (Å²) in [5.74, 6) is 0.0463. The van der Waals surface area contributed by atoms with Crippen LogP contribution in [0.5, 0.6) is 0 Å². The Morgan fingerprint density at radius 1 is 1.50 bits per heavy atom. The van der Waals surface area contributed by atoms with E-state index in [2.05, 4.69) is 0 Å². The minimum Gasteiger partial charge on any atom is -0.748 e. The Hall–Kier alpha value is -0.0900. The molecule has 0 bridgehead atoms. The molecule has 0 aromatic carbocycles. The standard InChI is InChI=1S/C4H8O3S/c5-8(6,7)3-4-1-2-4/h4H,1-3H2,(H,5,6,7)/p-1. The molecular formula is C4H7O3S-. The normalized spacial score (nSPS) is 21.1. The van der Waals surface area contributed by atoms with Crippen LogP contribution in [0.4, 0.5) is 0 Å². The van der Waals surface area contributed by atoms with Crippen molar-refractivity contribution in [3.63, 3.8) is 0 Å². The minimum atomic E-state index is -3.91. The molecule has 0 radical (unpaired) electrons. The second-order valence-electron chi connectivity index (χ2n) is 2.17. The van der Waals surface area contributed by atoms with E-state index in [1.165, 1.54) is 0 Å². The lowest BCUT2D eigenvalue weighted by Gasteiger charge is -2.02. The molecule has 8 heavy (non-hydrogen) atoms. The highest BCUT2D eigenvalue weighted by atomic mass is 32.2. The van der Waals surface area contributed by atoms with Gasteiger partial charge >= 0.3 is 0 Å². The monoisotopic (exact) mass is 135 g/mol. The van der Waals surface area contributed by atoms with E-state index < -0.39 is 10.1 Å². The summed E-state index contributed by atoms with van der Waals surface area (Å²) in [4.78, 5) is 0. The van der Waals surface area contributed by atoms with Crippen molar-refractivity contribution in [3.8, 4) is 0 Å². The Kier molecular flexibility index (Phi) is 1.28. The molecule has 4 heteroatoms. The third-order valence-electron chi connectivity index (χ3n) is 1.14. The first kappa shape index (κ1) is 6.04. The zero-order chi connectivity index (χ0) is 6.20. The summed E-state index contributed by atoms with van der Waals surface area (Å²) < 4.78 is 29.8. The summed E-state index contributed by atoms with van der Waals surface area (Å²) in [7, 11) is -3.91. The molecule has 0 aromatic heterocycles. The van der Waals surface area contributed by atoms with Gasteiger partial charge in [0.15, 0.2) is 0 Å². The van der Waals surface area contributed by atoms with Crippen molar-refractivity contribution in [2.75, 3.05) is 5.75 Å². The van der Waals surface area contributed by atoms with Crippen molar-refractivity contribution in [1.29, 1.82) is 0 Å². The van der Waals surface area contributed by atoms with Gasteiger partial charge < -0.3 is 4.55 Å². The van der Waals surface area contributed by atoms with Crippen LogP contribution in [0.1, 0.15) is 12.8 Å². The highest BCUT2D eigenvalue weighted by molar-refractivity contribution is 7.85. The predicted octanol–water partition coefficient (Wildman–Crippen LogP) is -0.0584. The van der Waals surface area contributed by atoms with Gasteiger partial charge in [-0.3, -0.25) is 0 Å². The lowest BCUT2D eigenvalue weighted by molar-refractivity contribution is 0.460. The van der Waals surface area contributed by atoms with Crippen molar-refractivity contribution >= 4 is 10.1 Å². The average Bonchev–Trinajstić information content (AvgIpc) is 2.12. The number of rotatable bonds is 2. The second-order valence-corrected chi connectivity index (χ2v) is 3.62. The molecular weight excluding hydrogens is 128 g/mol. The molecule has 1 rings (SSSR count). The van der Waals surface area contributed by atoms with E-state index in [0.717, 1.165) is 12.8 Å². The molecule has 48 valence electrons. The van der Waals surface area contributed by atoms with E-state index in [4.69, 9.17) is 0 Å². The van der Waals surface area contributed by atoms with Gasteiger partial charge in [-0.2, -0.15) is 0 Å². The maximum absolute atomic E-state index is 9.93. The van der Waals surface area contributed by atoms with Crippen molar-refractivity contribution in [3.05, 3.63) is 0 Å². The van der Waals surface area contributed by atoms with Crippen molar-refractivity contribution < 1.29 is 13.0 Å². The third-order valence-corrected chi connectivity index (χ3v) is 2.02. The smallest absolute Gasteiger partial charge is 0.0948 e. The van der Waals surface area contributed by atoms with Crippen LogP contribution >= 0.6 is 0 Å². The Morgan fingerprint density at radius 2 is 2.00 bits per heavy atom. The van der Waals surface area contributed by atoms with Crippen LogP contribution in [-0.4, -0.2) is 18.7 Å². The predicted molar refractivity (Wildman–Crippen MR) is 27.3 cm³/mol. The summed E-state index contributed by atoms with van der Waals surface area (Å²) in [6.45, 7) is 0. The van der Waals surface area contributed by atoms with E-state index in [0.29, 0.717) is 0 Å². The van der Waals surface area contributed by atoms with Crippen LogP contribution in [0.2, 0.25) is 0 Å². The van der Waals surface area contributed by atoms with Crippen LogP contribution in [0, 0.1) is 5.92 Å². The summed E-state index contributed by atoms with van der Waals surface area (Å²) in [5.41, 5.74) is 0. The molecule has 0 spiro atoms. The number of hydrogen-bond acceptors (Lipinski definition) is 3. The lowest BCUT2D eigenvalue weighted by Crippen LogP contribution is -2.05.